The number of halogens is 1. The van der Waals surface area contributed by atoms with Crippen LogP contribution >= 0.6 is 11.6 Å². The zero-order valence-corrected chi connectivity index (χ0v) is 13.7. The van der Waals surface area contributed by atoms with Gasteiger partial charge in [-0.05, 0) is 29.8 Å². The van der Waals surface area contributed by atoms with Gasteiger partial charge < -0.3 is 5.32 Å². The fourth-order valence-electron chi connectivity index (χ4n) is 2.44. The Morgan fingerprint density at radius 2 is 2.00 bits per heavy atom. The van der Waals surface area contributed by atoms with Gasteiger partial charge in [0.25, 0.3) is 5.91 Å². The second-order valence-corrected chi connectivity index (χ2v) is 5.93. The molecule has 122 valence electrons. The van der Waals surface area contributed by atoms with Crippen LogP contribution < -0.4 is 10.7 Å². The van der Waals surface area contributed by atoms with Crippen LogP contribution in [0, 0.1) is 5.92 Å². The standard InChI is InChI=1S/C17H15ClN4O2/c1-10-8-15(23)21-22-16(10)11-2-5-13(6-3-11)20-17(24)12-4-7-14(18)19-9-12/h2-7,9-10H,8H2,1H3,(H,20,24)(H,21,23). The SMILES string of the molecule is CC1CC(=O)NN=C1c1ccc(NC(=O)c2ccc(Cl)nc2)cc1. The Kier molecular flexibility index (Phi) is 4.57. The molecule has 2 N–H and O–H groups in total. The number of aromatic nitrogens is 1. The van der Waals surface area contributed by atoms with Gasteiger partial charge in [0, 0.05) is 24.2 Å². The van der Waals surface area contributed by atoms with Crippen LogP contribution in [0.15, 0.2) is 47.7 Å². The van der Waals surface area contributed by atoms with Gasteiger partial charge in [0.15, 0.2) is 0 Å². The normalized spacial score (nSPS) is 17.0. The Hall–Kier alpha value is -2.73. The van der Waals surface area contributed by atoms with Crippen LogP contribution in [-0.2, 0) is 4.79 Å². The molecular weight excluding hydrogens is 328 g/mol. The first kappa shape index (κ1) is 16.1. The summed E-state index contributed by atoms with van der Waals surface area (Å²) in [4.78, 5) is 27.3. The fourth-order valence-corrected chi connectivity index (χ4v) is 2.55. The van der Waals surface area contributed by atoms with Crippen LogP contribution in [0.1, 0.15) is 29.3 Å². The number of hydrogen-bond acceptors (Lipinski definition) is 4. The summed E-state index contributed by atoms with van der Waals surface area (Å²) >= 11 is 5.71. The van der Waals surface area contributed by atoms with E-state index in [4.69, 9.17) is 11.6 Å². The van der Waals surface area contributed by atoms with Gasteiger partial charge in [0.1, 0.15) is 5.15 Å². The van der Waals surface area contributed by atoms with Gasteiger partial charge in [0.2, 0.25) is 5.91 Å². The number of carbonyl (C=O) groups excluding carboxylic acids is 2. The first-order valence-corrected chi connectivity index (χ1v) is 7.80. The number of nitrogens with one attached hydrogen (secondary N) is 2. The van der Waals surface area contributed by atoms with E-state index in [0.29, 0.717) is 22.8 Å². The highest BCUT2D eigenvalue weighted by Gasteiger charge is 2.21. The van der Waals surface area contributed by atoms with Crippen LogP contribution in [0.5, 0.6) is 0 Å². The summed E-state index contributed by atoms with van der Waals surface area (Å²) in [5, 5.41) is 7.25. The molecule has 3 rings (SSSR count). The van der Waals surface area contributed by atoms with E-state index in [2.05, 4.69) is 20.8 Å². The third kappa shape index (κ3) is 3.60. The molecule has 0 saturated carbocycles. The molecule has 2 heterocycles. The maximum absolute atomic E-state index is 12.1. The van der Waals surface area contributed by atoms with Crippen LogP contribution in [0.2, 0.25) is 5.15 Å². The first-order valence-electron chi connectivity index (χ1n) is 7.42. The van der Waals surface area contributed by atoms with Gasteiger partial charge in [-0.2, -0.15) is 5.10 Å². The van der Waals surface area contributed by atoms with Crippen LogP contribution in [0.25, 0.3) is 0 Å². The minimum Gasteiger partial charge on any atom is -0.322 e. The molecule has 0 aliphatic carbocycles. The lowest BCUT2D eigenvalue weighted by atomic mass is 9.94. The first-order chi connectivity index (χ1) is 11.5. The van der Waals surface area contributed by atoms with Gasteiger partial charge >= 0.3 is 0 Å². The number of amides is 2. The molecule has 0 bridgehead atoms. The summed E-state index contributed by atoms with van der Waals surface area (Å²) in [6.45, 7) is 1.96. The van der Waals surface area contributed by atoms with E-state index in [1.165, 1.54) is 6.20 Å². The van der Waals surface area contributed by atoms with Crippen LogP contribution in [0.4, 0.5) is 5.69 Å². The van der Waals surface area contributed by atoms with Crippen molar-refractivity contribution in [2.75, 3.05) is 5.32 Å². The molecule has 1 aliphatic heterocycles. The predicted octanol–water partition coefficient (Wildman–Crippen LogP) is 2.85. The van der Waals surface area contributed by atoms with E-state index in [1.807, 2.05) is 19.1 Å². The monoisotopic (exact) mass is 342 g/mol. The third-order valence-electron chi connectivity index (χ3n) is 3.69. The van der Waals surface area contributed by atoms with Gasteiger partial charge in [0.05, 0.1) is 11.3 Å². The van der Waals surface area contributed by atoms with Crippen LogP contribution in [0.3, 0.4) is 0 Å². The second-order valence-electron chi connectivity index (χ2n) is 5.54. The maximum atomic E-state index is 12.1. The Morgan fingerprint density at radius 1 is 1.25 bits per heavy atom. The molecule has 0 fully saturated rings. The fraction of sp³-hybridized carbons (Fsp3) is 0.176. The zero-order valence-electron chi connectivity index (χ0n) is 12.9. The second kappa shape index (κ2) is 6.80. The molecule has 6 nitrogen and oxygen atoms in total. The van der Waals surface area contributed by atoms with E-state index in [-0.39, 0.29) is 17.7 Å². The molecule has 1 unspecified atom stereocenters. The summed E-state index contributed by atoms with van der Waals surface area (Å²) < 4.78 is 0. The lowest BCUT2D eigenvalue weighted by molar-refractivity contribution is -0.121. The number of anilines is 1. The van der Waals surface area contributed by atoms with Gasteiger partial charge in [-0.15, -0.1) is 0 Å². The highest BCUT2D eigenvalue weighted by Crippen LogP contribution is 2.19. The molecule has 1 aliphatic rings. The summed E-state index contributed by atoms with van der Waals surface area (Å²) in [5.41, 5.74) is 5.32. The molecule has 2 aromatic rings. The summed E-state index contributed by atoms with van der Waals surface area (Å²) in [5.74, 6) is -0.284. The van der Waals surface area contributed by atoms with Crippen molar-refractivity contribution in [1.82, 2.24) is 10.4 Å². The van der Waals surface area contributed by atoms with Crippen molar-refractivity contribution in [3.05, 3.63) is 58.9 Å². The number of nitrogens with zero attached hydrogens (tertiary/aromatic N) is 2. The Labute approximate surface area is 143 Å². The number of benzene rings is 1. The smallest absolute Gasteiger partial charge is 0.257 e. The molecular formula is C17H15ClN4O2. The van der Waals surface area contributed by atoms with Crippen molar-refractivity contribution in [2.45, 2.75) is 13.3 Å². The van der Waals surface area contributed by atoms with Crippen molar-refractivity contribution in [1.29, 1.82) is 0 Å². The van der Waals surface area contributed by atoms with Gasteiger partial charge in [-0.1, -0.05) is 30.7 Å². The Bertz CT molecular complexity index is 800. The highest BCUT2D eigenvalue weighted by molar-refractivity contribution is 6.29. The number of hydrazone groups is 1. The zero-order chi connectivity index (χ0) is 17.1. The van der Waals surface area contributed by atoms with Gasteiger partial charge in [-0.25, -0.2) is 10.4 Å². The number of hydrogen-bond donors (Lipinski definition) is 2. The molecule has 2 amide bonds. The molecule has 1 aromatic carbocycles. The minimum absolute atomic E-state index is 0.0549. The molecule has 7 heteroatoms. The summed E-state index contributed by atoms with van der Waals surface area (Å²) in [6, 6.07) is 10.5. The molecule has 0 radical (unpaired) electrons. The number of pyridine rings is 1. The average Bonchev–Trinajstić information content (AvgIpc) is 2.56. The Morgan fingerprint density at radius 3 is 2.62 bits per heavy atom. The highest BCUT2D eigenvalue weighted by atomic mass is 35.5. The third-order valence-corrected chi connectivity index (χ3v) is 3.91. The number of rotatable bonds is 3. The summed E-state index contributed by atoms with van der Waals surface area (Å²) in [7, 11) is 0. The number of carbonyl (C=O) groups is 2. The largest absolute Gasteiger partial charge is 0.322 e. The minimum atomic E-state index is -0.262. The molecule has 0 saturated heterocycles. The van der Waals surface area contributed by atoms with Gasteiger partial charge in [-0.3, -0.25) is 9.59 Å². The quantitative estimate of drug-likeness (QED) is 0.841. The lowest BCUT2D eigenvalue weighted by Gasteiger charge is -2.19. The van der Waals surface area contributed by atoms with Crippen molar-refractivity contribution in [3.8, 4) is 0 Å². The van der Waals surface area contributed by atoms with Crippen molar-refractivity contribution in [2.24, 2.45) is 11.0 Å². The van der Waals surface area contributed by atoms with E-state index in [0.717, 1.165) is 11.3 Å². The average molecular weight is 343 g/mol. The topological polar surface area (TPSA) is 83.5 Å². The molecule has 1 atom stereocenters. The van der Waals surface area contributed by atoms with Crippen molar-refractivity contribution >= 4 is 34.8 Å². The van der Waals surface area contributed by atoms with E-state index >= 15 is 0 Å². The van der Waals surface area contributed by atoms with E-state index < -0.39 is 0 Å². The van der Waals surface area contributed by atoms with Crippen molar-refractivity contribution in [3.63, 3.8) is 0 Å². The van der Waals surface area contributed by atoms with Crippen molar-refractivity contribution < 1.29 is 9.59 Å². The van der Waals surface area contributed by atoms with Crippen LogP contribution in [-0.4, -0.2) is 22.5 Å². The van der Waals surface area contributed by atoms with E-state index in [9.17, 15) is 9.59 Å². The molecule has 1 aromatic heterocycles. The van der Waals surface area contributed by atoms with E-state index in [1.54, 1.807) is 24.3 Å². The predicted molar refractivity (Wildman–Crippen MR) is 92.1 cm³/mol. The summed E-state index contributed by atoms with van der Waals surface area (Å²) in [6.07, 6.45) is 1.84. The Balaban J connectivity index is 1.72. The molecule has 24 heavy (non-hydrogen) atoms. The molecule has 0 spiro atoms. The lowest BCUT2D eigenvalue weighted by Crippen LogP contribution is -2.31. The maximum Gasteiger partial charge on any atom is 0.257 e.